The highest BCUT2D eigenvalue weighted by Gasteiger charge is 2.12. The summed E-state index contributed by atoms with van der Waals surface area (Å²) >= 11 is 15.6. The lowest BCUT2D eigenvalue weighted by molar-refractivity contribution is 0.773. The van der Waals surface area contributed by atoms with Gasteiger partial charge in [-0.2, -0.15) is 0 Å². The smallest absolute Gasteiger partial charge is 0.138 e. The van der Waals surface area contributed by atoms with Gasteiger partial charge in [-0.25, -0.2) is 9.97 Å². The minimum atomic E-state index is 0.210. The average Bonchev–Trinajstić information content (AvgIpc) is 2.38. The number of benzene rings is 1. The minimum absolute atomic E-state index is 0.210. The molecule has 1 heterocycles. The second-order valence-corrected chi connectivity index (χ2v) is 6.37. The molecule has 2 rings (SSSR count). The van der Waals surface area contributed by atoms with Gasteiger partial charge in [-0.05, 0) is 41.1 Å². The quantitative estimate of drug-likeness (QED) is 0.698. The van der Waals surface area contributed by atoms with E-state index in [2.05, 4.69) is 31.2 Å². The first-order valence-corrected chi connectivity index (χ1v) is 7.69. The van der Waals surface area contributed by atoms with Crippen molar-refractivity contribution in [1.82, 2.24) is 9.97 Å². The van der Waals surface area contributed by atoms with Crippen molar-refractivity contribution in [2.75, 3.05) is 5.32 Å². The summed E-state index contributed by atoms with van der Waals surface area (Å²) in [7, 11) is 0. The summed E-state index contributed by atoms with van der Waals surface area (Å²) in [6.45, 7) is 5.94. The zero-order valence-electron chi connectivity index (χ0n) is 11.3. The molecule has 0 aliphatic rings. The van der Waals surface area contributed by atoms with E-state index in [0.717, 1.165) is 15.7 Å². The highest BCUT2D eigenvalue weighted by atomic mass is 79.9. The van der Waals surface area contributed by atoms with E-state index in [1.165, 1.54) is 0 Å². The van der Waals surface area contributed by atoms with E-state index < -0.39 is 0 Å². The average molecular weight is 375 g/mol. The Labute approximate surface area is 136 Å². The van der Waals surface area contributed by atoms with Crippen molar-refractivity contribution < 1.29 is 0 Å². The van der Waals surface area contributed by atoms with Gasteiger partial charge in [0.05, 0.1) is 5.02 Å². The number of hydrogen-bond donors (Lipinski definition) is 1. The van der Waals surface area contributed by atoms with E-state index in [0.29, 0.717) is 21.8 Å². The predicted molar refractivity (Wildman–Crippen MR) is 88.3 cm³/mol. The Kier molecular flexibility index (Phi) is 4.89. The number of anilines is 2. The van der Waals surface area contributed by atoms with E-state index in [1.807, 2.05) is 39.0 Å². The van der Waals surface area contributed by atoms with E-state index in [1.54, 1.807) is 0 Å². The summed E-state index contributed by atoms with van der Waals surface area (Å²) in [4.78, 5) is 8.81. The first-order valence-electron chi connectivity index (χ1n) is 6.14. The molecule has 106 valence electrons. The summed E-state index contributed by atoms with van der Waals surface area (Å²) in [6, 6.07) is 5.63. The zero-order valence-corrected chi connectivity index (χ0v) is 14.4. The Morgan fingerprint density at radius 1 is 1.20 bits per heavy atom. The molecule has 6 heteroatoms. The second-order valence-electron chi connectivity index (χ2n) is 4.75. The highest BCUT2D eigenvalue weighted by Crippen LogP contribution is 2.29. The van der Waals surface area contributed by atoms with Crippen LogP contribution in [0.2, 0.25) is 10.2 Å². The van der Waals surface area contributed by atoms with Crippen LogP contribution in [0.15, 0.2) is 22.7 Å². The van der Waals surface area contributed by atoms with Crippen molar-refractivity contribution in [3.05, 3.63) is 44.2 Å². The minimum Gasteiger partial charge on any atom is -0.340 e. The van der Waals surface area contributed by atoms with Crippen molar-refractivity contribution >= 4 is 50.6 Å². The molecule has 0 atom stereocenters. The van der Waals surface area contributed by atoms with E-state index in [9.17, 15) is 0 Å². The lowest BCUT2D eigenvalue weighted by Gasteiger charge is -2.13. The van der Waals surface area contributed by atoms with Crippen LogP contribution in [0.3, 0.4) is 0 Å². The van der Waals surface area contributed by atoms with Gasteiger partial charge >= 0.3 is 0 Å². The van der Waals surface area contributed by atoms with Crippen molar-refractivity contribution in [2.45, 2.75) is 26.7 Å². The maximum absolute atomic E-state index is 6.16. The molecule has 20 heavy (non-hydrogen) atoms. The van der Waals surface area contributed by atoms with E-state index in [4.69, 9.17) is 23.2 Å². The molecule has 2 aromatic rings. The first-order chi connectivity index (χ1) is 9.38. The molecule has 1 N–H and O–H groups in total. The molecule has 0 unspecified atom stereocenters. The van der Waals surface area contributed by atoms with Gasteiger partial charge in [-0.1, -0.05) is 37.0 Å². The normalized spacial score (nSPS) is 10.9. The molecular formula is C14H14BrCl2N3. The fraction of sp³-hybridized carbons (Fsp3) is 0.286. The van der Waals surface area contributed by atoms with Gasteiger partial charge in [0.1, 0.15) is 16.8 Å². The largest absolute Gasteiger partial charge is 0.340 e. The van der Waals surface area contributed by atoms with Gasteiger partial charge in [0, 0.05) is 21.6 Å². The molecule has 0 radical (unpaired) electrons. The van der Waals surface area contributed by atoms with Gasteiger partial charge < -0.3 is 5.32 Å². The fourth-order valence-corrected chi connectivity index (χ4v) is 2.20. The summed E-state index contributed by atoms with van der Waals surface area (Å²) in [5.74, 6) is 1.63. The third-order valence-electron chi connectivity index (χ3n) is 2.80. The van der Waals surface area contributed by atoms with Crippen LogP contribution in [0.4, 0.5) is 11.5 Å². The zero-order chi connectivity index (χ0) is 14.9. The predicted octanol–water partition coefficient (Wildman–Crippen LogP) is 5.72. The maximum atomic E-state index is 6.16. The van der Waals surface area contributed by atoms with Crippen molar-refractivity contribution in [3.8, 4) is 0 Å². The van der Waals surface area contributed by atoms with Crippen LogP contribution in [-0.2, 0) is 0 Å². The van der Waals surface area contributed by atoms with Gasteiger partial charge in [0.15, 0.2) is 0 Å². The second kappa shape index (κ2) is 6.29. The lowest BCUT2D eigenvalue weighted by Crippen LogP contribution is -2.05. The standard InChI is InChI=1S/C14H14BrCl2N3/c1-7(2)13-19-12(17)8(3)14(20-13)18-9-4-5-10(15)11(16)6-9/h4-7H,1-3H3,(H,18,19,20). The Morgan fingerprint density at radius 2 is 1.90 bits per heavy atom. The molecule has 1 aromatic heterocycles. The van der Waals surface area contributed by atoms with Gasteiger partial charge in [-0.3, -0.25) is 0 Å². The molecule has 0 fully saturated rings. The van der Waals surface area contributed by atoms with Crippen LogP contribution >= 0.6 is 39.1 Å². The monoisotopic (exact) mass is 373 g/mol. The van der Waals surface area contributed by atoms with Crippen LogP contribution in [0, 0.1) is 6.92 Å². The number of rotatable bonds is 3. The third-order valence-corrected chi connectivity index (χ3v) is 4.40. The number of nitrogens with one attached hydrogen (secondary N) is 1. The van der Waals surface area contributed by atoms with E-state index >= 15 is 0 Å². The SMILES string of the molecule is Cc1c(Cl)nc(C(C)C)nc1Nc1ccc(Br)c(Cl)c1. The summed E-state index contributed by atoms with van der Waals surface area (Å²) in [6.07, 6.45) is 0. The molecule has 0 saturated carbocycles. The molecular weight excluding hydrogens is 361 g/mol. The van der Waals surface area contributed by atoms with Crippen LogP contribution in [0.25, 0.3) is 0 Å². The molecule has 0 saturated heterocycles. The number of aromatic nitrogens is 2. The topological polar surface area (TPSA) is 37.8 Å². The van der Waals surface area contributed by atoms with Crippen molar-refractivity contribution in [1.29, 1.82) is 0 Å². The molecule has 0 amide bonds. The number of nitrogens with zero attached hydrogens (tertiary/aromatic N) is 2. The van der Waals surface area contributed by atoms with Gasteiger partial charge in [0.25, 0.3) is 0 Å². The van der Waals surface area contributed by atoms with Crippen molar-refractivity contribution in [2.24, 2.45) is 0 Å². The fourth-order valence-electron chi connectivity index (χ4n) is 1.60. The molecule has 0 spiro atoms. The maximum Gasteiger partial charge on any atom is 0.138 e. The molecule has 0 bridgehead atoms. The van der Waals surface area contributed by atoms with Gasteiger partial charge in [-0.15, -0.1) is 0 Å². The van der Waals surface area contributed by atoms with Crippen LogP contribution in [0.5, 0.6) is 0 Å². The summed E-state index contributed by atoms with van der Waals surface area (Å²) in [5.41, 5.74) is 1.67. The first kappa shape index (κ1) is 15.5. The molecule has 1 aromatic carbocycles. The molecule has 3 nitrogen and oxygen atoms in total. The Balaban J connectivity index is 2.39. The van der Waals surface area contributed by atoms with Crippen LogP contribution < -0.4 is 5.32 Å². The molecule has 0 aliphatic heterocycles. The summed E-state index contributed by atoms with van der Waals surface area (Å²) in [5, 5.41) is 4.34. The van der Waals surface area contributed by atoms with E-state index in [-0.39, 0.29) is 5.92 Å². The highest BCUT2D eigenvalue weighted by molar-refractivity contribution is 9.10. The summed E-state index contributed by atoms with van der Waals surface area (Å²) < 4.78 is 0.852. The Hall–Kier alpha value is -0.840. The number of halogens is 3. The Morgan fingerprint density at radius 3 is 2.50 bits per heavy atom. The van der Waals surface area contributed by atoms with Crippen molar-refractivity contribution in [3.63, 3.8) is 0 Å². The molecule has 0 aliphatic carbocycles. The van der Waals surface area contributed by atoms with Gasteiger partial charge in [0.2, 0.25) is 0 Å². The van der Waals surface area contributed by atoms with Crippen LogP contribution in [-0.4, -0.2) is 9.97 Å². The third kappa shape index (κ3) is 3.43. The lowest BCUT2D eigenvalue weighted by atomic mass is 10.2. The Bertz CT molecular complexity index is 645. The number of hydrogen-bond acceptors (Lipinski definition) is 3. The van der Waals surface area contributed by atoms with Crippen LogP contribution in [0.1, 0.15) is 31.2 Å².